The molecule has 0 aliphatic carbocycles. The molecule has 0 radical (unpaired) electrons. The van der Waals surface area contributed by atoms with E-state index in [9.17, 15) is 14.5 Å². The van der Waals surface area contributed by atoms with Gasteiger partial charge in [-0.25, -0.2) is 0 Å². The minimum atomic E-state index is -0.865. The molecule has 0 saturated heterocycles. The number of aromatic nitrogens is 3. The van der Waals surface area contributed by atoms with E-state index in [1.165, 1.54) is 17.8 Å². The van der Waals surface area contributed by atoms with Crippen LogP contribution in [0.4, 0.5) is 10.1 Å². The lowest BCUT2D eigenvalue weighted by Crippen LogP contribution is -1.93. The van der Waals surface area contributed by atoms with Crippen LogP contribution in [0.1, 0.15) is 5.56 Å². The van der Waals surface area contributed by atoms with Crippen LogP contribution in [0.2, 0.25) is 0 Å². The Bertz CT molecular complexity index is 841. The molecule has 1 aromatic carbocycles. The first kappa shape index (κ1) is 15.1. The molecule has 2 aromatic heterocycles. The molecule has 0 aliphatic rings. The number of thioether (sulfide) groups is 1. The molecule has 0 unspecified atom stereocenters. The highest BCUT2D eigenvalue weighted by Gasteiger charge is 2.14. The molecule has 9 heteroatoms. The van der Waals surface area contributed by atoms with E-state index in [0.29, 0.717) is 22.4 Å². The van der Waals surface area contributed by atoms with E-state index < -0.39 is 16.4 Å². The Kier molecular flexibility index (Phi) is 4.29. The van der Waals surface area contributed by atoms with Crippen molar-refractivity contribution in [2.24, 2.45) is 0 Å². The van der Waals surface area contributed by atoms with Crippen molar-refractivity contribution in [3.8, 4) is 11.5 Å². The maximum atomic E-state index is 13.5. The van der Waals surface area contributed by atoms with E-state index in [2.05, 4.69) is 15.2 Å². The summed E-state index contributed by atoms with van der Waals surface area (Å²) in [5, 5.41) is 18.7. The quantitative estimate of drug-likeness (QED) is 0.401. The van der Waals surface area contributed by atoms with Crippen LogP contribution >= 0.6 is 11.8 Å². The Morgan fingerprint density at radius 3 is 2.70 bits per heavy atom. The lowest BCUT2D eigenvalue weighted by molar-refractivity contribution is -0.387. The third-order valence-electron chi connectivity index (χ3n) is 2.90. The van der Waals surface area contributed by atoms with Crippen LogP contribution in [0.5, 0.6) is 0 Å². The van der Waals surface area contributed by atoms with Crippen molar-refractivity contribution in [3.63, 3.8) is 0 Å². The highest BCUT2D eigenvalue weighted by atomic mass is 32.2. The van der Waals surface area contributed by atoms with Crippen LogP contribution in [-0.4, -0.2) is 20.1 Å². The molecule has 0 spiro atoms. The Balaban J connectivity index is 1.68. The lowest BCUT2D eigenvalue weighted by Gasteiger charge is -1.99. The maximum Gasteiger partial charge on any atom is 0.304 e. The molecule has 3 rings (SSSR count). The van der Waals surface area contributed by atoms with Crippen molar-refractivity contribution in [2.45, 2.75) is 11.0 Å². The van der Waals surface area contributed by atoms with Gasteiger partial charge in [-0.15, -0.1) is 10.2 Å². The van der Waals surface area contributed by atoms with Crippen LogP contribution in [0.15, 0.2) is 52.4 Å². The van der Waals surface area contributed by atoms with Gasteiger partial charge in [0.25, 0.3) is 5.22 Å². The van der Waals surface area contributed by atoms with Gasteiger partial charge in [0.1, 0.15) is 0 Å². The molecule has 3 aromatic rings. The maximum absolute atomic E-state index is 13.5. The summed E-state index contributed by atoms with van der Waals surface area (Å²) >= 11 is 1.22. The predicted molar refractivity (Wildman–Crippen MR) is 80.1 cm³/mol. The predicted octanol–water partition coefficient (Wildman–Crippen LogP) is 3.47. The van der Waals surface area contributed by atoms with E-state index in [4.69, 9.17) is 4.42 Å². The molecule has 0 saturated carbocycles. The monoisotopic (exact) mass is 332 g/mol. The number of halogens is 1. The number of pyridine rings is 1. The molecule has 0 atom stereocenters. The third kappa shape index (κ3) is 3.51. The SMILES string of the molecule is O=[N+]([O-])c1ccc(CSc2nnc(-c3ccncc3)o2)cc1F. The Morgan fingerprint density at radius 2 is 2.00 bits per heavy atom. The van der Waals surface area contributed by atoms with E-state index >= 15 is 0 Å². The van der Waals surface area contributed by atoms with Crippen molar-refractivity contribution in [1.29, 1.82) is 0 Å². The minimum absolute atomic E-state index is 0.329. The minimum Gasteiger partial charge on any atom is -0.411 e. The zero-order valence-electron chi connectivity index (χ0n) is 11.5. The number of rotatable bonds is 5. The summed E-state index contributed by atoms with van der Waals surface area (Å²) in [7, 11) is 0. The van der Waals surface area contributed by atoms with Crippen LogP contribution in [0.3, 0.4) is 0 Å². The fourth-order valence-electron chi connectivity index (χ4n) is 1.81. The molecular formula is C14H9FN4O3S. The standard InChI is InChI=1S/C14H9FN4O3S/c15-11-7-9(1-2-12(11)19(20)21)8-23-14-18-17-13(22-14)10-3-5-16-6-4-10/h1-7H,8H2. The molecule has 116 valence electrons. The van der Waals surface area contributed by atoms with Crippen molar-refractivity contribution in [2.75, 3.05) is 0 Å². The largest absolute Gasteiger partial charge is 0.411 e. The number of nitrogens with zero attached hydrogens (tertiary/aromatic N) is 4. The number of nitro groups is 1. The van der Waals surface area contributed by atoms with Crippen molar-refractivity contribution >= 4 is 17.4 Å². The summed E-state index contributed by atoms with van der Waals surface area (Å²) in [6.07, 6.45) is 3.23. The van der Waals surface area contributed by atoms with Gasteiger partial charge >= 0.3 is 5.69 Å². The number of nitro benzene ring substituents is 1. The smallest absolute Gasteiger partial charge is 0.304 e. The highest BCUT2D eigenvalue weighted by Crippen LogP contribution is 2.27. The first-order valence-electron chi connectivity index (χ1n) is 6.43. The molecule has 2 heterocycles. The molecule has 0 bridgehead atoms. The van der Waals surface area contributed by atoms with Gasteiger partial charge in [0.05, 0.1) is 4.92 Å². The van der Waals surface area contributed by atoms with Crippen LogP contribution in [0, 0.1) is 15.9 Å². The van der Waals surface area contributed by atoms with Crippen molar-refractivity contribution in [1.82, 2.24) is 15.2 Å². The van der Waals surface area contributed by atoms with Crippen LogP contribution in [-0.2, 0) is 5.75 Å². The normalized spacial score (nSPS) is 10.7. The number of hydrogen-bond acceptors (Lipinski definition) is 7. The third-order valence-corrected chi connectivity index (χ3v) is 3.79. The van der Waals surface area contributed by atoms with Gasteiger partial charge in [-0.2, -0.15) is 4.39 Å². The molecule has 0 N–H and O–H groups in total. The molecule has 23 heavy (non-hydrogen) atoms. The second kappa shape index (κ2) is 6.53. The molecular weight excluding hydrogens is 323 g/mol. The summed E-state index contributed by atoms with van der Waals surface area (Å²) in [5.41, 5.74) is 0.791. The fourth-order valence-corrected chi connectivity index (χ4v) is 2.52. The molecule has 0 fully saturated rings. The number of hydrogen-bond donors (Lipinski definition) is 0. The zero-order valence-corrected chi connectivity index (χ0v) is 12.4. The molecule has 0 aliphatic heterocycles. The summed E-state index contributed by atoms with van der Waals surface area (Å²) in [4.78, 5) is 13.7. The van der Waals surface area contributed by atoms with Crippen LogP contribution in [0.25, 0.3) is 11.5 Å². The van der Waals surface area contributed by atoms with E-state index in [0.717, 1.165) is 17.7 Å². The number of benzene rings is 1. The highest BCUT2D eigenvalue weighted by molar-refractivity contribution is 7.98. The Morgan fingerprint density at radius 1 is 1.22 bits per heavy atom. The molecule has 7 nitrogen and oxygen atoms in total. The van der Waals surface area contributed by atoms with Crippen molar-refractivity contribution < 1.29 is 13.7 Å². The average molecular weight is 332 g/mol. The van der Waals surface area contributed by atoms with Gasteiger partial charge in [-0.3, -0.25) is 15.1 Å². The fraction of sp³-hybridized carbons (Fsp3) is 0.0714. The van der Waals surface area contributed by atoms with Gasteiger partial charge in [0.2, 0.25) is 11.7 Å². The summed E-state index contributed by atoms with van der Waals surface area (Å²) in [6.45, 7) is 0. The van der Waals surface area contributed by atoms with Crippen LogP contribution < -0.4 is 0 Å². The Labute approximate surface area is 133 Å². The summed E-state index contributed by atoms with van der Waals surface area (Å²) in [6, 6.07) is 7.25. The first-order chi connectivity index (χ1) is 11.1. The lowest BCUT2D eigenvalue weighted by atomic mass is 10.2. The van der Waals surface area contributed by atoms with Crippen molar-refractivity contribution in [3.05, 3.63) is 64.2 Å². The van der Waals surface area contributed by atoms with Gasteiger partial charge in [-0.1, -0.05) is 17.8 Å². The zero-order chi connectivity index (χ0) is 16.2. The van der Waals surface area contributed by atoms with E-state index in [1.54, 1.807) is 24.5 Å². The van der Waals surface area contributed by atoms with E-state index in [1.807, 2.05) is 0 Å². The molecule has 0 amide bonds. The topological polar surface area (TPSA) is 95.0 Å². The second-order valence-electron chi connectivity index (χ2n) is 4.44. The summed E-state index contributed by atoms with van der Waals surface area (Å²) in [5.74, 6) is -0.145. The van der Waals surface area contributed by atoms with Gasteiger partial charge in [-0.05, 0) is 23.8 Å². The Hall–Kier alpha value is -2.81. The first-order valence-corrected chi connectivity index (χ1v) is 7.41. The second-order valence-corrected chi connectivity index (χ2v) is 5.37. The summed E-state index contributed by atoms with van der Waals surface area (Å²) < 4.78 is 19.0. The van der Waals surface area contributed by atoms with Gasteiger partial charge < -0.3 is 4.42 Å². The average Bonchev–Trinajstić information content (AvgIpc) is 3.02. The van der Waals surface area contributed by atoms with Gasteiger partial charge in [0, 0.05) is 29.8 Å². The van der Waals surface area contributed by atoms with E-state index in [-0.39, 0.29) is 0 Å². The van der Waals surface area contributed by atoms with Gasteiger partial charge in [0.15, 0.2) is 0 Å².